The van der Waals surface area contributed by atoms with Gasteiger partial charge in [-0.2, -0.15) is 20.4 Å². The minimum absolute atomic E-state index is 0.00746. The molecule has 4 atom stereocenters. The van der Waals surface area contributed by atoms with Crippen LogP contribution in [0.4, 0.5) is 66.2 Å². The third kappa shape index (κ3) is 21.3. The van der Waals surface area contributed by atoms with E-state index in [-0.39, 0.29) is 85.0 Å². The molecule has 4 amide bonds. The summed E-state index contributed by atoms with van der Waals surface area (Å²) < 4.78 is 113. The molecule has 148 heavy (non-hydrogen) atoms. The molecule has 0 saturated carbocycles. The molecular weight excluding hydrogens is 1980 g/mol. The summed E-state index contributed by atoms with van der Waals surface area (Å²) in [6.07, 6.45) is 8.11. The Labute approximate surface area is 859 Å². The van der Waals surface area contributed by atoms with Crippen molar-refractivity contribution in [3.63, 3.8) is 0 Å². The monoisotopic (exact) mass is 2070 g/mol. The van der Waals surface area contributed by atoms with Gasteiger partial charge in [-0.05, 0) is 290 Å². The third-order valence-corrected chi connectivity index (χ3v) is 26.9. The predicted molar refractivity (Wildman–Crippen MR) is 556 cm³/mol. The maximum Gasteiger partial charge on any atom is 0.250 e. The number of halogens is 8. The summed E-state index contributed by atoms with van der Waals surface area (Å²) in [7, 11) is 0. The average Bonchev–Trinajstić information content (AvgIpc) is 1.62. The first-order chi connectivity index (χ1) is 71.8. The second kappa shape index (κ2) is 42.0. The van der Waals surface area contributed by atoms with Crippen molar-refractivity contribution in [2.24, 2.45) is 0 Å². The summed E-state index contributed by atoms with van der Waals surface area (Å²) in [5, 5.41) is 42.0. The van der Waals surface area contributed by atoms with Gasteiger partial charge in [-0.15, -0.1) is 0 Å². The first-order valence-corrected chi connectivity index (χ1v) is 48.7. The molecule has 4 aromatic heterocycles. The Morgan fingerprint density at radius 2 is 0.547 bits per heavy atom. The smallest absolute Gasteiger partial charge is 0.250 e. The maximum atomic E-state index is 13.7. The second-order valence-electron chi connectivity index (χ2n) is 36.2. The van der Waals surface area contributed by atoms with Crippen molar-refractivity contribution < 1.29 is 64.5 Å². The van der Waals surface area contributed by atoms with Gasteiger partial charge in [0.1, 0.15) is 102 Å². The number of ether oxygens (including phenoxy) is 4. The SMILES string of the molecule is C=C1Cc2cc(CCN3C(=O)CO[C@@H]3c3cn(-c4ccc(F)cc4)nc3-c3ccc(F)cc3)ccc2N1.C=C1Nc2ccc(CCN3C(=O)COC3c3cn(-c4ccc(Br)cc4)nc3-c3ccc(F)cc3)cc2N1.C=C1Nc2ccc(CCN3C(=O)COC3c3cn(-c4ccc(Cl)cc4)nc3-c3ccc(F)cc3)cc2N1.C=C1Nc2ccc(CCN3C(=O)COC3c3cn(-c4ccc(F)cc4)nc3-c3ccc(F)cc3)cc2N1. The number of hydrogen-bond donors (Lipinski definition) is 7. The molecule has 12 aromatic carbocycles. The molecule has 24 rings (SSSR count). The van der Waals surface area contributed by atoms with E-state index in [0.29, 0.717) is 113 Å². The number of nitrogens with zero attached hydrogens (tertiary/aromatic N) is 12. The first-order valence-electron chi connectivity index (χ1n) is 47.5. The van der Waals surface area contributed by atoms with E-state index < -0.39 is 24.9 Å². The lowest BCUT2D eigenvalue weighted by Gasteiger charge is -2.23. The molecule has 3 unspecified atom stereocenters. The molecule has 27 nitrogen and oxygen atoms in total. The van der Waals surface area contributed by atoms with Crippen LogP contribution in [0.2, 0.25) is 5.02 Å². The number of carbonyl (C=O) groups excluding carboxylic acids is 4. The van der Waals surface area contributed by atoms with Gasteiger partial charge in [0.15, 0.2) is 24.9 Å². The van der Waals surface area contributed by atoms with Gasteiger partial charge in [-0.3, -0.25) is 19.2 Å². The molecule has 0 bridgehead atoms. The fourth-order valence-corrected chi connectivity index (χ4v) is 19.2. The van der Waals surface area contributed by atoms with Gasteiger partial charge in [0.05, 0.1) is 56.9 Å². The summed E-state index contributed by atoms with van der Waals surface area (Å²) in [4.78, 5) is 58.4. The summed E-state index contributed by atoms with van der Waals surface area (Å²) >= 11 is 9.53. The average molecular weight is 2070 g/mol. The number of anilines is 7. The normalized spacial score (nSPS) is 16.6. The Kier molecular flexibility index (Phi) is 27.6. The van der Waals surface area contributed by atoms with Gasteiger partial charge >= 0.3 is 0 Å². The largest absolute Gasteiger partial charge is 0.359 e. The van der Waals surface area contributed by atoms with Crippen molar-refractivity contribution in [2.75, 3.05) is 89.8 Å². The van der Waals surface area contributed by atoms with E-state index in [1.807, 2.05) is 97.3 Å². The third-order valence-electron chi connectivity index (χ3n) is 26.2. The molecule has 4 fully saturated rings. The summed E-state index contributed by atoms with van der Waals surface area (Å²) in [6, 6.07) is 75.7. The van der Waals surface area contributed by atoms with Gasteiger partial charge in [-0.25, -0.2) is 45.1 Å². The Hall–Kier alpha value is -16.9. The summed E-state index contributed by atoms with van der Waals surface area (Å²) in [5.74, 6) is -0.290. The highest BCUT2D eigenvalue weighted by Gasteiger charge is 2.42. The van der Waals surface area contributed by atoms with Crippen molar-refractivity contribution in [3.8, 4) is 67.8 Å². The highest BCUT2D eigenvalue weighted by atomic mass is 79.9. The molecule has 0 aliphatic carbocycles. The Bertz CT molecular complexity index is 6910. The van der Waals surface area contributed by atoms with E-state index in [9.17, 15) is 45.5 Å². The zero-order chi connectivity index (χ0) is 102. The second-order valence-corrected chi connectivity index (χ2v) is 37.5. The van der Waals surface area contributed by atoms with Crippen LogP contribution in [-0.2, 0) is 70.2 Å². The molecular formula is C113H93BrClF6N19O8. The first kappa shape index (κ1) is 97.2. The molecule has 0 radical (unpaired) electrons. The molecule has 0 spiro atoms. The van der Waals surface area contributed by atoms with E-state index in [4.69, 9.17) is 50.9 Å². The maximum absolute atomic E-state index is 13.7. The van der Waals surface area contributed by atoms with Crippen molar-refractivity contribution in [1.29, 1.82) is 0 Å². The highest BCUT2D eigenvalue weighted by Crippen LogP contribution is 2.44. The molecule has 35 heteroatoms. The van der Waals surface area contributed by atoms with Crippen LogP contribution in [0.5, 0.6) is 0 Å². The Morgan fingerprint density at radius 3 is 0.831 bits per heavy atom. The summed E-state index contributed by atoms with van der Waals surface area (Å²) in [6.45, 7) is 17.4. The van der Waals surface area contributed by atoms with Crippen LogP contribution < -0.4 is 37.2 Å². The quantitative estimate of drug-likeness (QED) is 0.0277. The molecule has 8 aliphatic rings. The zero-order valence-corrected chi connectivity index (χ0v) is 81.5. The summed E-state index contributed by atoms with van der Waals surface area (Å²) in [5.41, 5.74) is 24.4. The lowest BCUT2D eigenvalue weighted by Crippen LogP contribution is -2.30. The topological polar surface area (TPSA) is 274 Å². The van der Waals surface area contributed by atoms with Gasteiger partial charge < -0.3 is 75.8 Å². The fraction of sp³-hybridized carbons (Fsp3) is 0.150. The molecule has 8 aliphatic heterocycles. The number of rotatable bonds is 24. The number of aromatic nitrogens is 8. The van der Waals surface area contributed by atoms with Gasteiger partial charge in [0.2, 0.25) is 0 Å². The van der Waals surface area contributed by atoms with Crippen LogP contribution in [-0.4, -0.2) is 135 Å². The van der Waals surface area contributed by atoms with Gasteiger partial charge in [-0.1, -0.05) is 84.2 Å². The number of hydrogen-bond acceptors (Lipinski definition) is 19. The number of allylic oxidation sites excluding steroid dienone is 1. The van der Waals surface area contributed by atoms with Gasteiger partial charge in [0.25, 0.3) is 23.6 Å². The zero-order valence-electron chi connectivity index (χ0n) is 79.2. The number of benzene rings is 12. The van der Waals surface area contributed by atoms with Crippen molar-refractivity contribution in [2.45, 2.75) is 57.0 Å². The van der Waals surface area contributed by atoms with Crippen LogP contribution >= 0.6 is 27.5 Å². The Morgan fingerprint density at radius 1 is 0.304 bits per heavy atom. The number of nitrogens with one attached hydrogen (secondary N) is 7. The van der Waals surface area contributed by atoms with E-state index >= 15 is 0 Å². The number of fused-ring (bicyclic) bond motifs is 4. The van der Waals surface area contributed by atoms with Gasteiger partial charge in [0, 0.05) is 123 Å². The fourth-order valence-electron chi connectivity index (χ4n) is 18.8. The lowest BCUT2D eigenvalue weighted by molar-refractivity contribution is -0.128. The molecule has 12 heterocycles. The molecule has 4 saturated heterocycles. The number of amides is 4. The predicted octanol–water partition coefficient (Wildman–Crippen LogP) is 22.2. The molecule has 7 N–H and O–H groups in total. The lowest BCUT2D eigenvalue weighted by atomic mass is 10.0. The van der Waals surface area contributed by atoms with Crippen molar-refractivity contribution >= 4 is 91.0 Å². The highest BCUT2D eigenvalue weighted by molar-refractivity contribution is 9.10. The van der Waals surface area contributed by atoms with Crippen molar-refractivity contribution in [3.05, 3.63) is 436 Å². The standard InChI is InChI=1S/C29H24F2N4O2.C28H23BrFN5O2.C28H23ClFN5O2.C28H23F2N5O2/c1-18-14-21-15-19(2-11-26(21)32-18)12-13-34-27(36)17-37-29(34)25-16-35(24-9-7-23(31)8-10-24)33-28(25)20-3-5-22(30)6-4-20;2*1-17-31-24-11-2-18(14-25(24)32-17)12-13-34-26(36)16-37-28(34)23-15-35(22-9-5-20(29)6-10-22)33-27(23)19-3-7-21(30)8-4-19;1-17-31-24-11-2-18(14-25(24)32-17)12-13-34-26(36)16-37-28(34)23-15-35(22-9-7-21(30)8-10-22)33-27(23)19-3-5-20(29)6-4-19/h2-11,15-16,29,32H,1,12-14,17H2;3*2-11,14-15,28,31-32H,1,12-13,16H2/t29-;;;/m1.../s1. The van der Waals surface area contributed by atoms with Crippen LogP contribution in [0.25, 0.3) is 67.8 Å². The Balaban J connectivity index is 0.000000116. The molecule has 16 aromatic rings. The van der Waals surface area contributed by atoms with E-state index in [1.165, 1.54) is 78.4 Å². The number of carbonyl (C=O) groups is 4. The van der Waals surface area contributed by atoms with Crippen LogP contribution in [0.1, 0.15) is 75.0 Å². The minimum Gasteiger partial charge on any atom is -0.359 e. The van der Waals surface area contributed by atoms with Crippen LogP contribution in [0.3, 0.4) is 0 Å². The molecule has 744 valence electrons. The van der Waals surface area contributed by atoms with E-state index in [0.717, 1.165) is 130 Å². The van der Waals surface area contributed by atoms with Crippen molar-refractivity contribution in [1.82, 2.24) is 58.7 Å². The van der Waals surface area contributed by atoms with Crippen LogP contribution in [0.15, 0.2) is 346 Å². The van der Waals surface area contributed by atoms with E-state index in [2.05, 4.69) is 104 Å². The van der Waals surface area contributed by atoms with E-state index in [1.54, 1.807) is 136 Å². The minimum atomic E-state index is -0.671. The van der Waals surface area contributed by atoms with Crippen LogP contribution in [0, 0.1) is 34.9 Å².